The Morgan fingerprint density at radius 3 is 2.62 bits per heavy atom. The van der Waals surface area contributed by atoms with Crippen molar-refractivity contribution in [2.24, 2.45) is 0 Å². The average molecular weight is 220 g/mol. The number of aliphatic hydroxyl groups is 1. The van der Waals surface area contributed by atoms with Crippen molar-refractivity contribution in [2.45, 2.75) is 37.9 Å². The molecule has 0 aliphatic carbocycles. The third kappa shape index (κ3) is 2.25. The Hall–Kier alpha value is -1.35. The molecule has 86 valence electrons. The fraction of sp³-hybridized carbons (Fsp3) is 0.462. The van der Waals surface area contributed by atoms with Crippen LogP contribution in [0.3, 0.4) is 0 Å². The van der Waals surface area contributed by atoms with Gasteiger partial charge in [0.05, 0.1) is 6.10 Å². The van der Waals surface area contributed by atoms with Crippen LogP contribution in [-0.4, -0.2) is 23.3 Å². The van der Waals surface area contributed by atoms with E-state index in [0.717, 1.165) is 5.56 Å². The number of cyclic esters (lactones) is 1. The second-order valence-corrected chi connectivity index (χ2v) is 4.26. The number of hydrogen-bond acceptors (Lipinski definition) is 3. The fourth-order valence-corrected chi connectivity index (χ4v) is 2.06. The predicted octanol–water partition coefficient (Wildman–Crippen LogP) is 1.86. The summed E-state index contributed by atoms with van der Waals surface area (Å²) in [7, 11) is 0. The molecule has 0 radical (unpaired) electrons. The van der Waals surface area contributed by atoms with Gasteiger partial charge in [0.2, 0.25) is 0 Å². The molecular formula is C13H16O3. The number of rotatable bonds is 3. The van der Waals surface area contributed by atoms with Crippen LogP contribution in [0.5, 0.6) is 0 Å². The summed E-state index contributed by atoms with van der Waals surface area (Å²) in [5.41, 5.74) is 1.07. The second-order valence-electron chi connectivity index (χ2n) is 4.26. The molecule has 1 saturated heterocycles. The topological polar surface area (TPSA) is 46.5 Å². The predicted molar refractivity (Wildman–Crippen MR) is 60.0 cm³/mol. The number of benzene rings is 1. The summed E-state index contributed by atoms with van der Waals surface area (Å²) in [5.74, 6) is -0.221. The highest BCUT2D eigenvalue weighted by molar-refractivity contribution is 5.71. The maximum atomic E-state index is 11.0. The Morgan fingerprint density at radius 1 is 1.38 bits per heavy atom. The molecule has 0 saturated carbocycles. The largest absolute Gasteiger partial charge is 0.460 e. The molecule has 3 atom stereocenters. The first-order valence-corrected chi connectivity index (χ1v) is 5.61. The van der Waals surface area contributed by atoms with Crippen molar-refractivity contribution in [1.29, 1.82) is 0 Å². The molecule has 0 amide bonds. The van der Waals surface area contributed by atoms with E-state index in [-0.39, 0.29) is 18.0 Å². The van der Waals surface area contributed by atoms with Gasteiger partial charge in [-0.1, -0.05) is 37.3 Å². The average Bonchev–Trinajstić information content (AvgIpc) is 2.75. The summed E-state index contributed by atoms with van der Waals surface area (Å²) < 4.78 is 5.08. The third-order valence-corrected chi connectivity index (χ3v) is 3.13. The van der Waals surface area contributed by atoms with Gasteiger partial charge in [0.25, 0.3) is 0 Å². The molecule has 0 aromatic heterocycles. The van der Waals surface area contributed by atoms with Gasteiger partial charge in [-0.15, -0.1) is 0 Å². The van der Waals surface area contributed by atoms with Gasteiger partial charge in [0, 0.05) is 12.3 Å². The summed E-state index contributed by atoms with van der Waals surface area (Å²) in [6.45, 7) is 1.95. The van der Waals surface area contributed by atoms with Crippen molar-refractivity contribution in [1.82, 2.24) is 0 Å². The lowest BCUT2D eigenvalue weighted by atomic mass is 9.91. The van der Waals surface area contributed by atoms with Crippen LogP contribution in [0.15, 0.2) is 30.3 Å². The van der Waals surface area contributed by atoms with E-state index in [0.29, 0.717) is 12.8 Å². The zero-order chi connectivity index (χ0) is 11.5. The molecule has 1 aromatic carbocycles. The SMILES string of the molecule is CC(c1ccccc1)C(O)[C@H]1CCC(=O)O1. The number of hydrogen-bond donors (Lipinski definition) is 1. The quantitative estimate of drug-likeness (QED) is 0.791. The minimum absolute atomic E-state index is 0.0166. The van der Waals surface area contributed by atoms with E-state index in [2.05, 4.69) is 0 Å². The van der Waals surface area contributed by atoms with Crippen LogP contribution in [-0.2, 0) is 9.53 Å². The molecule has 1 aromatic rings. The minimum atomic E-state index is -0.617. The van der Waals surface area contributed by atoms with Gasteiger partial charge in [-0.25, -0.2) is 0 Å². The molecule has 3 nitrogen and oxygen atoms in total. The fourth-order valence-electron chi connectivity index (χ4n) is 2.06. The molecule has 1 fully saturated rings. The molecule has 1 aliphatic rings. The van der Waals surface area contributed by atoms with Crippen LogP contribution in [0.1, 0.15) is 31.2 Å². The second kappa shape index (κ2) is 4.66. The molecule has 16 heavy (non-hydrogen) atoms. The summed E-state index contributed by atoms with van der Waals surface area (Å²) >= 11 is 0. The van der Waals surface area contributed by atoms with Gasteiger partial charge in [0.1, 0.15) is 6.10 Å². The molecule has 0 bridgehead atoms. The van der Waals surface area contributed by atoms with Gasteiger partial charge in [-0.05, 0) is 12.0 Å². The Morgan fingerprint density at radius 2 is 2.06 bits per heavy atom. The lowest BCUT2D eigenvalue weighted by Crippen LogP contribution is -2.30. The van der Waals surface area contributed by atoms with E-state index in [1.54, 1.807) is 0 Å². The van der Waals surface area contributed by atoms with E-state index in [9.17, 15) is 9.90 Å². The van der Waals surface area contributed by atoms with E-state index < -0.39 is 6.10 Å². The van der Waals surface area contributed by atoms with Crippen molar-refractivity contribution >= 4 is 5.97 Å². The molecule has 0 spiro atoms. The molecule has 2 unspecified atom stereocenters. The molecule has 1 aliphatic heterocycles. The number of carbonyl (C=O) groups excluding carboxylic acids is 1. The van der Waals surface area contributed by atoms with Crippen molar-refractivity contribution in [3.8, 4) is 0 Å². The van der Waals surface area contributed by atoms with E-state index >= 15 is 0 Å². The van der Waals surface area contributed by atoms with Gasteiger partial charge in [-0.3, -0.25) is 4.79 Å². The molecule has 2 rings (SSSR count). The highest BCUT2D eigenvalue weighted by atomic mass is 16.6. The Kier molecular flexibility index (Phi) is 3.25. The zero-order valence-corrected chi connectivity index (χ0v) is 9.30. The van der Waals surface area contributed by atoms with Crippen LogP contribution in [0.4, 0.5) is 0 Å². The van der Waals surface area contributed by atoms with Crippen molar-refractivity contribution < 1.29 is 14.6 Å². The number of esters is 1. The monoisotopic (exact) mass is 220 g/mol. The van der Waals surface area contributed by atoms with Crippen LogP contribution in [0.25, 0.3) is 0 Å². The Labute approximate surface area is 95.0 Å². The highest BCUT2D eigenvalue weighted by Crippen LogP contribution is 2.27. The third-order valence-electron chi connectivity index (χ3n) is 3.13. The number of carbonyl (C=O) groups is 1. The summed E-state index contributed by atoms with van der Waals surface area (Å²) in [5, 5.41) is 10.1. The summed E-state index contributed by atoms with van der Waals surface area (Å²) in [6.07, 6.45) is 0.0806. The Balaban J connectivity index is 2.04. The smallest absolute Gasteiger partial charge is 0.306 e. The van der Waals surface area contributed by atoms with E-state index in [4.69, 9.17) is 4.74 Å². The van der Waals surface area contributed by atoms with Crippen LogP contribution in [0, 0.1) is 0 Å². The maximum Gasteiger partial charge on any atom is 0.306 e. The van der Waals surface area contributed by atoms with Crippen molar-refractivity contribution in [2.75, 3.05) is 0 Å². The zero-order valence-electron chi connectivity index (χ0n) is 9.30. The van der Waals surface area contributed by atoms with Gasteiger partial charge >= 0.3 is 5.97 Å². The molecule has 1 heterocycles. The first-order valence-electron chi connectivity index (χ1n) is 5.61. The normalized spacial score (nSPS) is 23.9. The van der Waals surface area contributed by atoms with E-state index in [1.807, 2.05) is 37.3 Å². The standard InChI is InChI=1S/C13H16O3/c1-9(10-5-3-2-4-6-10)13(15)11-7-8-12(14)16-11/h2-6,9,11,13,15H,7-8H2,1H3/t9?,11-,13?/m1/s1. The minimum Gasteiger partial charge on any atom is -0.460 e. The van der Waals surface area contributed by atoms with E-state index in [1.165, 1.54) is 0 Å². The van der Waals surface area contributed by atoms with Crippen molar-refractivity contribution in [3.05, 3.63) is 35.9 Å². The van der Waals surface area contributed by atoms with Crippen LogP contribution in [0.2, 0.25) is 0 Å². The first-order chi connectivity index (χ1) is 7.68. The van der Waals surface area contributed by atoms with Crippen LogP contribution >= 0.6 is 0 Å². The van der Waals surface area contributed by atoms with Crippen molar-refractivity contribution in [3.63, 3.8) is 0 Å². The highest BCUT2D eigenvalue weighted by Gasteiger charge is 2.33. The van der Waals surface area contributed by atoms with Crippen LogP contribution < -0.4 is 0 Å². The molecule has 1 N–H and O–H groups in total. The lowest BCUT2D eigenvalue weighted by Gasteiger charge is -2.23. The first kappa shape index (κ1) is 11.1. The number of aliphatic hydroxyl groups excluding tert-OH is 1. The summed E-state index contributed by atoms with van der Waals surface area (Å²) in [6, 6.07) is 9.78. The van der Waals surface area contributed by atoms with Gasteiger partial charge in [0.15, 0.2) is 0 Å². The molecular weight excluding hydrogens is 204 g/mol. The van der Waals surface area contributed by atoms with Gasteiger partial charge < -0.3 is 9.84 Å². The summed E-state index contributed by atoms with van der Waals surface area (Å²) in [4.78, 5) is 11.0. The maximum absolute atomic E-state index is 11.0. The Bertz CT molecular complexity index is 361. The molecule has 3 heteroatoms. The number of ether oxygens (including phenoxy) is 1. The van der Waals surface area contributed by atoms with Gasteiger partial charge in [-0.2, -0.15) is 0 Å². The lowest BCUT2D eigenvalue weighted by molar-refractivity contribution is -0.145.